The van der Waals surface area contributed by atoms with E-state index in [1.165, 1.54) is 0 Å². The molecule has 0 fully saturated rings. The maximum absolute atomic E-state index is 12.9. The van der Waals surface area contributed by atoms with Crippen molar-refractivity contribution in [3.63, 3.8) is 0 Å². The number of ether oxygens (including phenoxy) is 2. The van der Waals surface area contributed by atoms with Gasteiger partial charge in [0, 0.05) is 12.1 Å². The molecule has 180 valence electrons. The van der Waals surface area contributed by atoms with Gasteiger partial charge in [0.2, 0.25) is 0 Å². The molecule has 0 bridgehead atoms. The molecule has 2 aromatic rings. The lowest BCUT2D eigenvalue weighted by Gasteiger charge is -2.31. The minimum absolute atomic E-state index is 0.00360. The second-order valence-corrected chi connectivity index (χ2v) is 9.46. The number of hydrogen-bond acceptors (Lipinski definition) is 4. The average Bonchev–Trinajstić information content (AvgIpc) is 2.71. The molecule has 33 heavy (non-hydrogen) atoms. The lowest BCUT2D eigenvalue weighted by atomic mass is 9.89. The molecule has 0 saturated carbocycles. The van der Waals surface area contributed by atoms with E-state index in [2.05, 4.69) is 39.8 Å². The fourth-order valence-corrected chi connectivity index (χ4v) is 4.06. The number of rotatable bonds is 9. The third kappa shape index (κ3) is 6.73. The lowest BCUT2D eigenvalue weighted by Crippen LogP contribution is -2.44. The first-order valence-corrected chi connectivity index (χ1v) is 11.5. The van der Waals surface area contributed by atoms with E-state index in [4.69, 9.17) is 14.6 Å². The molecule has 0 aliphatic carbocycles. The van der Waals surface area contributed by atoms with Gasteiger partial charge in [0.05, 0.1) is 0 Å². The van der Waals surface area contributed by atoms with Crippen molar-refractivity contribution in [2.75, 3.05) is 6.61 Å². The highest BCUT2D eigenvalue weighted by Crippen LogP contribution is 2.39. The van der Waals surface area contributed by atoms with E-state index in [-0.39, 0.29) is 42.2 Å². The van der Waals surface area contributed by atoms with Crippen LogP contribution in [0.2, 0.25) is 0 Å². The zero-order chi connectivity index (χ0) is 24.9. The minimum atomic E-state index is -1.34. The van der Waals surface area contributed by atoms with Crippen molar-refractivity contribution in [1.29, 1.82) is 0 Å². The Bertz CT molecular complexity index is 924. The molecule has 0 aliphatic rings. The van der Waals surface area contributed by atoms with Crippen LogP contribution in [0.5, 0.6) is 11.5 Å². The third-order valence-corrected chi connectivity index (χ3v) is 5.52. The van der Waals surface area contributed by atoms with Crippen LogP contribution in [0.15, 0.2) is 36.4 Å². The Balaban J connectivity index is 2.44. The average molecular weight is 456 g/mol. The van der Waals surface area contributed by atoms with Gasteiger partial charge < -0.3 is 19.5 Å². The minimum Gasteiger partial charge on any atom is -0.483 e. The van der Waals surface area contributed by atoms with Crippen molar-refractivity contribution in [1.82, 2.24) is 4.90 Å². The number of carbonyl (C=O) groups excluding carboxylic acids is 1. The van der Waals surface area contributed by atoms with Gasteiger partial charge >= 0.3 is 6.16 Å². The van der Waals surface area contributed by atoms with Crippen LogP contribution >= 0.6 is 0 Å². The van der Waals surface area contributed by atoms with Crippen molar-refractivity contribution < 1.29 is 24.2 Å². The summed E-state index contributed by atoms with van der Waals surface area (Å²) in [5, 5.41) is 8.80. The van der Waals surface area contributed by atoms with E-state index >= 15 is 0 Å². The van der Waals surface area contributed by atoms with Crippen LogP contribution in [0.3, 0.4) is 0 Å². The predicted octanol–water partition coefficient (Wildman–Crippen LogP) is 6.68. The number of benzene rings is 2. The molecule has 0 heterocycles. The monoisotopic (exact) mass is 455 g/mol. The fourth-order valence-electron chi connectivity index (χ4n) is 4.06. The molecule has 6 heteroatoms. The van der Waals surface area contributed by atoms with Crippen molar-refractivity contribution in [2.45, 2.75) is 79.3 Å². The van der Waals surface area contributed by atoms with Crippen LogP contribution in [-0.4, -0.2) is 40.8 Å². The Labute approximate surface area is 197 Å². The Morgan fingerprint density at radius 3 is 1.70 bits per heavy atom. The predicted molar refractivity (Wildman–Crippen MR) is 131 cm³/mol. The molecule has 0 saturated heterocycles. The van der Waals surface area contributed by atoms with Gasteiger partial charge in [0.15, 0.2) is 6.61 Å². The summed E-state index contributed by atoms with van der Waals surface area (Å²) in [7, 11) is 0. The smallest absolute Gasteiger partial charge is 0.483 e. The SMILES string of the molecule is CC(C)c1cc(-c2ccc(OC(=O)O)cc2)cc(C(C)C)c1OCC(=O)N(C(C)C)C(C)C. The molecule has 0 unspecified atom stereocenters. The molecule has 0 aromatic heterocycles. The standard InChI is InChI=1S/C27H37NO5/c1-16(2)23-13-21(20-9-11-22(12-10-20)33-27(30)31)14-24(17(3)4)26(23)32-15-25(29)28(18(5)6)19(7)8/h9-14,16-19H,15H2,1-8H3,(H,30,31). The van der Waals surface area contributed by atoms with Crippen LogP contribution in [0.1, 0.15) is 78.4 Å². The van der Waals surface area contributed by atoms with E-state index in [1.807, 2.05) is 44.7 Å². The Hall–Kier alpha value is -3.02. The van der Waals surface area contributed by atoms with E-state index in [1.54, 1.807) is 12.1 Å². The number of carbonyl (C=O) groups is 2. The second-order valence-electron chi connectivity index (χ2n) is 9.46. The number of amides is 1. The molecule has 6 nitrogen and oxygen atoms in total. The second kappa shape index (κ2) is 11.2. The summed E-state index contributed by atoms with van der Waals surface area (Å²) in [6, 6.07) is 11.4. The highest BCUT2D eigenvalue weighted by atomic mass is 16.7. The summed E-state index contributed by atoms with van der Waals surface area (Å²) >= 11 is 0. The van der Waals surface area contributed by atoms with E-state index in [0.29, 0.717) is 0 Å². The number of hydrogen-bond donors (Lipinski definition) is 1. The largest absolute Gasteiger partial charge is 0.511 e. The molecule has 1 N–H and O–H groups in total. The van der Waals surface area contributed by atoms with Crippen molar-refractivity contribution in [3.05, 3.63) is 47.5 Å². The lowest BCUT2D eigenvalue weighted by molar-refractivity contribution is -0.137. The van der Waals surface area contributed by atoms with Crippen LogP contribution in [0.25, 0.3) is 11.1 Å². The van der Waals surface area contributed by atoms with Gasteiger partial charge in [-0.1, -0.05) is 39.8 Å². The van der Waals surface area contributed by atoms with Crippen LogP contribution in [0.4, 0.5) is 4.79 Å². The molecule has 0 spiro atoms. The first-order valence-electron chi connectivity index (χ1n) is 11.5. The molecule has 2 aromatic carbocycles. The molecule has 0 aliphatic heterocycles. The van der Waals surface area contributed by atoms with Crippen molar-refractivity contribution >= 4 is 12.1 Å². The fraction of sp³-hybridized carbons (Fsp3) is 0.481. The third-order valence-electron chi connectivity index (χ3n) is 5.52. The van der Waals surface area contributed by atoms with E-state index in [0.717, 1.165) is 28.0 Å². The van der Waals surface area contributed by atoms with E-state index < -0.39 is 6.16 Å². The summed E-state index contributed by atoms with van der Waals surface area (Å²) in [6.45, 7) is 16.5. The summed E-state index contributed by atoms with van der Waals surface area (Å²) < 4.78 is 10.9. The molecular weight excluding hydrogens is 418 g/mol. The molecule has 0 radical (unpaired) electrons. The Morgan fingerprint density at radius 1 is 0.818 bits per heavy atom. The number of carboxylic acid groups (broad SMARTS) is 1. The summed E-state index contributed by atoms with van der Waals surface area (Å²) in [5.74, 6) is 1.40. The molecule has 2 rings (SSSR count). The van der Waals surface area contributed by atoms with Gasteiger partial charge in [-0.2, -0.15) is 0 Å². The number of nitrogens with zero attached hydrogens (tertiary/aromatic N) is 1. The van der Waals surface area contributed by atoms with Crippen LogP contribution < -0.4 is 9.47 Å². The van der Waals surface area contributed by atoms with Crippen LogP contribution in [-0.2, 0) is 4.79 Å². The summed E-state index contributed by atoms with van der Waals surface area (Å²) in [5.41, 5.74) is 4.03. The van der Waals surface area contributed by atoms with Crippen LogP contribution in [0, 0.1) is 0 Å². The normalized spacial score (nSPS) is 11.4. The van der Waals surface area contributed by atoms with Gasteiger partial charge in [-0.15, -0.1) is 0 Å². The van der Waals surface area contributed by atoms with Gasteiger partial charge in [-0.3, -0.25) is 4.79 Å². The quantitative estimate of drug-likeness (QED) is 0.337. The summed E-state index contributed by atoms with van der Waals surface area (Å²) in [6.07, 6.45) is -1.34. The maximum Gasteiger partial charge on any atom is 0.511 e. The zero-order valence-electron chi connectivity index (χ0n) is 21.0. The highest BCUT2D eigenvalue weighted by molar-refractivity contribution is 5.78. The first-order chi connectivity index (χ1) is 15.4. The summed E-state index contributed by atoms with van der Waals surface area (Å²) in [4.78, 5) is 25.5. The Morgan fingerprint density at radius 2 is 1.30 bits per heavy atom. The molecule has 1 amide bonds. The van der Waals surface area contributed by atoms with Gasteiger partial charge in [0.1, 0.15) is 11.5 Å². The molecular formula is C27H37NO5. The topological polar surface area (TPSA) is 76.1 Å². The zero-order valence-corrected chi connectivity index (χ0v) is 21.0. The van der Waals surface area contributed by atoms with Crippen molar-refractivity contribution in [3.8, 4) is 22.6 Å². The molecule has 0 atom stereocenters. The highest BCUT2D eigenvalue weighted by Gasteiger charge is 2.23. The van der Waals surface area contributed by atoms with Gasteiger partial charge in [-0.25, -0.2) is 4.79 Å². The van der Waals surface area contributed by atoms with Gasteiger partial charge in [-0.05, 0) is 86.1 Å². The maximum atomic E-state index is 12.9. The van der Waals surface area contributed by atoms with Gasteiger partial charge in [0.25, 0.3) is 5.91 Å². The van der Waals surface area contributed by atoms with Crippen molar-refractivity contribution in [2.24, 2.45) is 0 Å². The Kier molecular flexibility index (Phi) is 8.91. The first kappa shape index (κ1) is 26.2. The van der Waals surface area contributed by atoms with E-state index in [9.17, 15) is 9.59 Å².